The summed E-state index contributed by atoms with van der Waals surface area (Å²) in [7, 11) is 0. The average molecular weight is 365 g/mol. The van der Waals surface area contributed by atoms with Crippen molar-refractivity contribution in [2.75, 3.05) is 31.1 Å². The molecule has 5 rings (SSSR count). The Kier molecular flexibility index (Phi) is 4.10. The fourth-order valence-corrected chi connectivity index (χ4v) is 4.02. The van der Waals surface area contributed by atoms with Crippen LogP contribution in [0.3, 0.4) is 0 Å². The number of benzene rings is 1. The number of amides is 1. The predicted octanol–water partition coefficient (Wildman–Crippen LogP) is 3.94. The van der Waals surface area contributed by atoms with Crippen LogP contribution in [-0.4, -0.2) is 42.0 Å². The highest BCUT2D eigenvalue weighted by Gasteiger charge is 2.33. The number of nitrogens with zero attached hydrogens (tertiary/aromatic N) is 3. The van der Waals surface area contributed by atoms with Crippen LogP contribution in [0.1, 0.15) is 59.0 Å². The molecule has 0 N–H and O–H groups in total. The molecule has 4 nitrogen and oxygen atoms in total. The lowest BCUT2D eigenvalue weighted by Crippen LogP contribution is -2.49. The van der Waals surface area contributed by atoms with Crippen molar-refractivity contribution >= 4 is 11.7 Å². The van der Waals surface area contributed by atoms with Crippen molar-refractivity contribution in [3.05, 3.63) is 59.0 Å². The van der Waals surface area contributed by atoms with E-state index in [4.69, 9.17) is 4.98 Å². The number of carbonyl (C=O) groups excluding carboxylic acids is 1. The van der Waals surface area contributed by atoms with Gasteiger partial charge in [0, 0.05) is 32.4 Å². The quantitative estimate of drug-likeness (QED) is 0.823. The van der Waals surface area contributed by atoms with Gasteiger partial charge < -0.3 is 9.80 Å². The third-order valence-electron chi connectivity index (χ3n) is 5.95. The van der Waals surface area contributed by atoms with Gasteiger partial charge in [0.1, 0.15) is 11.6 Å². The molecule has 5 heteroatoms. The lowest BCUT2D eigenvalue weighted by Gasteiger charge is -2.36. The number of hydrogen-bond acceptors (Lipinski definition) is 3. The molecule has 27 heavy (non-hydrogen) atoms. The highest BCUT2D eigenvalue weighted by atomic mass is 19.1. The zero-order valence-corrected chi connectivity index (χ0v) is 15.4. The minimum absolute atomic E-state index is 0.163. The number of rotatable bonds is 4. The molecule has 1 aromatic heterocycles. The van der Waals surface area contributed by atoms with E-state index in [9.17, 15) is 9.18 Å². The van der Waals surface area contributed by atoms with Crippen LogP contribution < -0.4 is 4.90 Å². The van der Waals surface area contributed by atoms with Gasteiger partial charge in [0.25, 0.3) is 5.91 Å². The molecule has 140 valence electrons. The number of aromatic nitrogens is 1. The molecule has 1 amide bonds. The maximum absolute atomic E-state index is 13.9. The maximum Gasteiger partial charge on any atom is 0.256 e. The molecule has 0 atom stereocenters. The van der Waals surface area contributed by atoms with Crippen molar-refractivity contribution in [1.29, 1.82) is 0 Å². The Bertz CT molecular complexity index is 868. The maximum atomic E-state index is 13.9. The van der Waals surface area contributed by atoms with Crippen molar-refractivity contribution in [3.8, 4) is 0 Å². The fraction of sp³-hybridized carbons (Fsp3) is 0.455. The Morgan fingerprint density at radius 3 is 2.37 bits per heavy atom. The monoisotopic (exact) mass is 365 g/mol. The highest BCUT2D eigenvalue weighted by Crippen LogP contribution is 2.47. The summed E-state index contributed by atoms with van der Waals surface area (Å²) < 4.78 is 13.9. The molecule has 3 aliphatic rings. The van der Waals surface area contributed by atoms with Crippen LogP contribution >= 0.6 is 0 Å². The number of piperazine rings is 1. The van der Waals surface area contributed by atoms with Crippen molar-refractivity contribution in [2.45, 2.75) is 37.5 Å². The third-order valence-corrected chi connectivity index (χ3v) is 5.95. The van der Waals surface area contributed by atoms with Crippen molar-refractivity contribution in [2.24, 2.45) is 0 Å². The number of halogens is 1. The lowest BCUT2D eigenvalue weighted by atomic mass is 10.1. The van der Waals surface area contributed by atoms with Gasteiger partial charge in [0.05, 0.1) is 5.56 Å². The van der Waals surface area contributed by atoms with Gasteiger partial charge in [0.15, 0.2) is 0 Å². The summed E-state index contributed by atoms with van der Waals surface area (Å²) >= 11 is 0. The first-order valence-electron chi connectivity index (χ1n) is 9.99. The Hall–Kier alpha value is -2.43. The Morgan fingerprint density at radius 2 is 1.70 bits per heavy atom. The summed E-state index contributed by atoms with van der Waals surface area (Å²) in [6.07, 6.45) is 7.16. The first-order chi connectivity index (χ1) is 13.2. The smallest absolute Gasteiger partial charge is 0.256 e. The van der Waals surface area contributed by atoms with Gasteiger partial charge in [-0.15, -0.1) is 0 Å². The SMILES string of the molecule is O=C(c1ccccc1F)N1CCN(c2ncc(C3CC3)cc2C2CC2)CC1. The molecule has 0 bridgehead atoms. The molecular formula is C22H24FN3O. The minimum atomic E-state index is -0.446. The summed E-state index contributed by atoms with van der Waals surface area (Å²) in [6.45, 7) is 2.69. The minimum Gasteiger partial charge on any atom is -0.353 e. The Morgan fingerprint density at radius 1 is 1.00 bits per heavy atom. The van der Waals surface area contributed by atoms with Gasteiger partial charge in [-0.05, 0) is 60.8 Å². The van der Waals surface area contributed by atoms with Gasteiger partial charge >= 0.3 is 0 Å². The van der Waals surface area contributed by atoms with Crippen LogP contribution in [0, 0.1) is 5.82 Å². The second-order valence-corrected chi connectivity index (χ2v) is 7.99. The first kappa shape index (κ1) is 16.7. The molecule has 1 aliphatic heterocycles. The zero-order valence-electron chi connectivity index (χ0n) is 15.4. The molecule has 2 aliphatic carbocycles. The number of pyridine rings is 1. The van der Waals surface area contributed by atoms with E-state index in [1.54, 1.807) is 23.1 Å². The van der Waals surface area contributed by atoms with Crippen LogP contribution in [0.4, 0.5) is 10.2 Å². The summed E-state index contributed by atoms with van der Waals surface area (Å²) in [5.41, 5.74) is 2.96. The van der Waals surface area contributed by atoms with Gasteiger partial charge in [-0.1, -0.05) is 18.2 Å². The topological polar surface area (TPSA) is 36.4 Å². The van der Waals surface area contributed by atoms with Gasteiger partial charge in [0.2, 0.25) is 0 Å². The summed E-state index contributed by atoms with van der Waals surface area (Å²) in [4.78, 5) is 21.5. The van der Waals surface area contributed by atoms with Crippen LogP contribution in [0.25, 0.3) is 0 Å². The number of carbonyl (C=O) groups is 1. The van der Waals surface area contributed by atoms with E-state index in [1.807, 2.05) is 0 Å². The molecule has 2 saturated carbocycles. The van der Waals surface area contributed by atoms with E-state index >= 15 is 0 Å². The van der Waals surface area contributed by atoms with Crippen LogP contribution in [0.2, 0.25) is 0 Å². The van der Waals surface area contributed by atoms with Gasteiger partial charge in [-0.25, -0.2) is 9.37 Å². The van der Waals surface area contributed by atoms with Gasteiger partial charge in [-0.3, -0.25) is 4.79 Å². The van der Waals surface area contributed by atoms with Crippen LogP contribution in [-0.2, 0) is 0 Å². The van der Waals surface area contributed by atoms with Crippen molar-refractivity contribution < 1.29 is 9.18 Å². The summed E-state index contributed by atoms with van der Waals surface area (Å²) in [6, 6.07) is 8.61. The van der Waals surface area contributed by atoms with E-state index in [-0.39, 0.29) is 11.5 Å². The zero-order chi connectivity index (χ0) is 18.4. The third kappa shape index (κ3) is 3.31. The molecule has 1 saturated heterocycles. The van der Waals surface area contributed by atoms with E-state index in [0.29, 0.717) is 19.0 Å². The molecule has 3 fully saturated rings. The van der Waals surface area contributed by atoms with E-state index in [0.717, 1.165) is 24.8 Å². The fourth-order valence-electron chi connectivity index (χ4n) is 4.02. The standard InChI is InChI=1S/C22H24FN3O/c23-20-4-2-1-3-18(20)22(27)26-11-9-25(10-12-26)21-19(16-7-8-16)13-17(14-24-21)15-5-6-15/h1-4,13-16H,5-12H2. The number of anilines is 1. The summed E-state index contributed by atoms with van der Waals surface area (Å²) in [5.74, 6) is 1.81. The predicted molar refractivity (Wildman–Crippen MR) is 103 cm³/mol. The molecule has 1 aromatic carbocycles. The van der Waals surface area contributed by atoms with E-state index in [1.165, 1.54) is 42.9 Å². The molecule has 2 aromatic rings. The Labute approximate surface area is 159 Å². The largest absolute Gasteiger partial charge is 0.353 e. The molecule has 2 heterocycles. The molecular weight excluding hydrogens is 341 g/mol. The Balaban J connectivity index is 1.31. The molecule has 0 radical (unpaired) electrons. The van der Waals surface area contributed by atoms with Crippen molar-refractivity contribution in [3.63, 3.8) is 0 Å². The summed E-state index contributed by atoms with van der Waals surface area (Å²) in [5, 5.41) is 0. The highest BCUT2D eigenvalue weighted by molar-refractivity contribution is 5.94. The van der Waals surface area contributed by atoms with Gasteiger partial charge in [-0.2, -0.15) is 0 Å². The number of hydrogen-bond donors (Lipinski definition) is 0. The van der Waals surface area contributed by atoms with Crippen molar-refractivity contribution in [1.82, 2.24) is 9.88 Å². The average Bonchev–Trinajstić information content (AvgIpc) is 3.60. The van der Waals surface area contributed by atoms with Crippen LogP contribution in [0.15, 0.2) is 36.5 Å². The molecule has 0 spiro atoms. The van der Waals surface area contributed by atoms with E-state index < -0.39 is 5.82 Å². The van der Waals surface area contributed by atoms with E-state index in [2.05, 4.69) is 17.2 Å². The second-order valence-electron chi connectivity index (χ2n) is 7.99. The second kappa shape index (κ2) is 6.63. The van der Waals surface area contributed by atoms with Crippen LogP contribution in [0.5, 0.6) is 0 Å². The lowest BCUT2D eigenvalue weighted by molar-refractivity contribution is 0.0742. The first-order valence-corrected chi connectivity index (χ1v) is 9.99. The molecule has 0 unspecified atom stereocenters. The normalized spacial score (nSPS) is 20.0.